The molecule has 0 radical (unpaired) electrons. The van der Waals surface area contributed by atoms with Crippen LogP contribution < -0.4 is 0 Å². The van der Waals surface area contributed by atoms with Crippen molar-refractivity contribution >= 4 is 44.9 Å². The summed E-state index contributed by atoms with van der Waals surface area (Å²) in [6.07, 6.45) is 0. The molecule has 1 rings (SSSR count). The van der Waals surface area contributed by atoms with Gasteiger partial charge in [-0.3, -0.25) is 4.79 Å². The average Bonchev–Trinajstić information content (AvgIpc) is 2.15. The quantitative estimate of drug-likeness (QED) is 0.754. The summed E-state index contributed by atoms with van der Waals surface area (Å²) in [6, 6.07) is 5.32. The van der Waals surface area contributed by atoms with Gasteiger partial charge in [-0.25, -0.2) is 0 Å². The second-order valence-electron chi connectivity index (χ2n) is 3.47. The van der Waals surface area contributed by atoms with Crippen LogP contribution in [0.2, 0.25) is 10.0 Å². The van der Waals surface area contributed by atoms with Gasteiger partial charge in [-0.2, -0.15) is 0 Å². The predicted octanol–water partition coefficient (Wildman–Crippen LogP) is 4.45. The first kappa shape index (κ1) is 13.0. The normalized spacial score (nSPS) is 14.7. The molecule has 0 saturated heterocycles. The maximum absolute atomic E-state index is 11.2. The molecule has 0 bridgehead atoms. The van der Waals surface area contributed by atoms with Crippen molar-refractivity contribution < 1.29 is 4.79 Å². The van der Waals surface area contributed by atoms with Crippen molar-refractivity contribution in [3.8, 4) is 0 Å². The van der Waals surface area contributed by atoms with Crippen molar-refractivity contribution in [3.63, 3.8) is 0 Å². The number of alkyl halides is 1. The molecule has 1 aromatic rings. The number of hydrogen-bond donors (Lipinski definition) is 0. The van der Waals surface area contributed by atoms with Gasteiger partial charge in [0.25, 0.3) is 0 Å². The van der Waals surface area contributed by atoms with Crippen LogP contribution in [-0.2, 0) is 4.79 Å². The summed E-state index contributed by atoms with van der Waals surface area (Å²) in [5.41, 5.74) is 0.929. The second kappa shape index (κ2) is 5.33. The summed E-state index contributed by atoms with van der Waals surface area (Å²) in [6.45, 7) is 3.51. The number of Topliss-reactive ketones (excluding diaryl/α,β-unsaturated/α-hetero) is 1. The standard InChI is InChI=1S/C11H11BrCl2O/c1-6(11(12)7(2)15)9-4-3-8(13)5-10(9)14/h3-6,11H,1-2H3. The number of ketones is 1. The first-order valence-corrected chi connectivity index (χ1v) is 6.20. The molecule has 0 aromatic heterocycles. The third kappa shape index (κ3) is 3.20. The van der Waals surface area contributed by atoms with Gasteiger partial charge in [0.1, 0.15) is 5.78 Å². The fourth-order valence-electron chi connectivity index (χ4n) is 1.38. The maximum atomic E-state index is 11.2. The molecule has 1 aromatic carbocycles. The molecular formula is C11H11BrCl2O. The van der Waals surface area contributed by atoms with E-state index in [-0.39, 0.29) is 16.5 Å². The summed E-state index contributed by atoms with van der Waals surface area (Å²) in [5, 5.41) is 1.20. The minimum Gasteiger partial charge on any atom is -0.299 e. The largest absolute Gasteiger partial charge is 0.299 e. The van der Waals surface area contributed by atoms with Crippen molar-refractivity contribution in [1.82, 2.24) is 0 Å². The lowest BCUT2D eigenvalue weighted by Crippen LogP contribution is -2.17. The van der Waals surface area contributed by atoms with Gasteiger partial charge in [0.15, 0.2) is 0 Å². The summed E-state index contributed by atoms with van der Waals surface area (Å²) >= 11 is 15.2. The molecule has 0 spiro atoms. The SMILES string of the molecule is CC(=O)C(Br)C(C)c1ccc(Cl)cc1Cl. The molecule has 0 aliphatic carbocycles. The van der Waals surface area contributed by atoms with Gasteiger partial charge >= 0.3 is 0 Å². The number of halogens is 3. The lowest BCUT2D eigenvalue weighted by Gasteiger charge is -2.17. The van der Waals surface area contributed by atoms with Gasteiger partial charge in [0.2, 0.25) is 0 Å². The Morgan fingerprint density at radius 2 is 2.00 bits per heavy atom. The smallest absolute Gasteiger partial charge is 0.144 e. The van der Waals surface area contributed by atoms with E-state index in [1.54, 1.807) is 19.1 Å². The third-order valence-electron chi connectivity index (χ3n) is 2.28. The average molecular weight is 310 g/mol. The van der Waals surface area contributed by atoms with Crippen LogP contribution in [0.1, 0.15) is 25.3 Å². The van der Waals surface area contributed by atoms with E-state index in [1.165, 1.54) is 0 Å². The minimum absolute atomic E-state index is 0.0345. The van der Waals surface area contributed by atoms with Crippen LogP contribution in [0.4, 0.5) is 0 Å². The molecule has 0 aliphatic rings. The van der Waals surface area contributed by atoms with E-state index in [2.05, 4.69) is 15.9 Å². The zero-order valence-corrected chi connectivity index (χ0v) is 11.5. The summed E-state index contributed by atoms with van der Waals surface area (Å²) in [5.74, 6) is 0.126. The Morgan fingerprint density at radius 1 is 1.40 bits per heavy atom. The van der Waals surface area contributed by atoms with Gasteiger partial charge in [-0.1, -0.05) is 52.1 Å². The highest BCUT2D eigenvalue weighted by Crippen LogP contribution is 2.32. The highest BCUT2D eigenvalue weighted by molar-refractivity contribution is 9.10. The monoisotopic (exact) mass is 308 g/mol. The number of carbonyl (C=O) groups is 1. The maximum Gasteiger partial charge on any atom is 0.144 e. The number of hydrogen-bond acceptors (Lipinski definition) is 1. The van der Waals surface area contributed by atoms with Crippen LogP contribution in [0.15, 0.2) is 18.2 Å². The number of benzene rings is 1. The van der Waals surface area contributed by atoms with Crippen molar-refractivity contribution in [2.75, 3.05) is 0 Å². The van der Waals surface area contributed by atoms with Crippen LogP contribution in [-0.4, -0.2) is 10.6 Å². The Balaban J connectivity index is 3.01. The molecule has 2 unspecified atom stereocenters. The first-order chi connectivity index (χ1) is 6.93. The van der Waals surface area contributed by atoms with E-state index >= 15 is 0 Å². The Kier molecular flexibility index (Phi) is 4.63. The number of carbonyl (C=O) groups excluding carboxylic acids is 1. The Bertz CT molecular complexity index is 379. The zero-order chi connectivity index (χ0) is 11.6. The zero-order valence-electron chi connectivity index (χ0n) is 8.43. The predicted molar refractivity (Wildman–Crippen MR) is 68.3 cm³/mol. The fourth-order valence-corrected chi connectivity index (χ4v) is 2.25. The molecule has 0 heterocycles. The van der Waals surface area contributed by atoms with E-state index in [1.807, 2.05) is 13.0 Å². The molecule has 4 heteroatoms. The van der Waals surface area contributed by atoms with Gasteiger partial charge < -0.3 is 0 Å². The third-order valence-corrected chi connectivity index (χ3v) is 4.28. The van der Waals surface area contributed by atoms with Crippen LogP contribution >= 0.6 is 39.1 Å². The lowest BCUT2D eigenvalue weighted by molar-refractivity contribution is -0.116. The number of rotatable bonds is 3. The molecule has 82 valence electrons. The molecule has 0 fully saturated rings. The minimum atomic E-state index is -0.212. The van der Waals surface area contributed by atoms with Gasteiger partial charge in [0, 0.05) is 16.0 Å². The topological polar surface area (TPSA) is 17.1 Å². The van der Waals surface area contributed by atoms with Crippen molar-refractivity contribution in [2.24, 2.45) is 0 Å². The van der Waals surface area contributed by atoms with Gasteiger partial charge in [-0.15, -0.1) is 0 Å². The molecule has 2 atom stereocenters. The van der Waals surface area contributed by atoms with Crippen LogP contribution in [0.5, 0.6) is 0 Å². The molecule has 0 saturated carbocycles. The summed E-state index contributed by atoms with van der Waals surface area (Å²) in [7, 11) is 0. The first-order valence-electron chi connectivity index (χ1n) is 4.53. The Hall–Kier alpha value is -0.0500. The van der Waals surface area contributed by atoms with Crippen LogP contribution in [0, 0.1) is 0 Å². The van der Waals surface area contributed by atoms with Gasteiger partial charge in [0.05, 0.1) is 4.83 Å². The van der Waals surface area contributed by atoms with E-state index < -0.39 is 0 Å². The summed E-state index contributed by atoms with van der Waals surface area (Å²) < 4.78 is 0. The van der Waals surface area contributed by atoms with Crippen molar-refractivity contribution in [1.29, 1.82) is 0 Å². The molecule has 1 nitrogen and oxygen atoms in total. The molecule has 0 amide bonds. The van der Waals surface area contributed by atoms with Crippen LogP contribution in [0.3, 0.4) is 0 Å². The lowest BCUT2D eigenvalue weighted by atomic mass is 9.96. The van der Waals surface area contributed by atoms with Crippen LogP contribution in [0.25, 0.3) is 0 Å². The molecule has 0 N–H and O–H groups in total. The highest BCUT2D eigenvalue weighted by Gasteiger charge is 2.21. The molecule has 0 aliphatic heterocycles. The van der Waals surface area contributed by atoms with Gasteiger partial charge in [-0.05, 0) is 24.6 Å². The fraction of sp³-hybridized carbons (Fsp3) is 0.364. The molecule has 15 heavy (non-hydrogen) atoms. The van der Waals surface area contributed by atoms with E-state index in [4.69, 9.17) is 23.2 Å². The molecular weight excluding hydrogens is 299 g/mol. The second-order valence-corrected chi connectivity index (χ2v) is 5.30. The van der Waals surface area contributed by atoms with E-state index in [0.717, 1.165) is 5.56 Å². The summed E-state index contributed by atoms with van der Waals surface area (Å²) in [4.78, 5) is 11.0. The Morgan fingerprint density at radius 3 is 2.47 bits per heavy atom. The Labute approximate surface area is 108 Å². The van der Waals surface area contributed by atoms with Crippen molar-refractivity contribution in [2.45, 2.75) is 24.6 Å². The van der Waals surface area contributed by atoms with E-state index in [0.29, 0.717) is 10.0 Å². The van der Waals surface area contributed by atoms with Crippen molar-refractivity contribution in [3.05, 3.63) is 33.8 Å². The highest BCUT2D eigenvalue weighted by atomic mass is 79.9. The van der Waals surface area contributed by atoms with E-state index in [9.17, 15) is 4.79 Å².